The van der Waals surface area contributed by atoms with Crippen molar-refractivity contribution in [2.75, 3.05) is 40.0 Å². The van der Waals surface area contributed by atoms with E-state index >= 15 is 0 Å². The van der Waals surface area contributed by atoms with E-state index in [1.165, 1.54) is 14.2 Å². The van der Waals surface area contributed by atoms with Crippen LogP contribution in [-0.4, -0.2) is 41.1 Å². The van der Waals surface area contributed by atoms with Gasteiger partial charge in [-0.25, -0.2) is 4.79 Å². The van der Waals surface area contributed by atoms with E-state index in [0.29, 0.717) is 28.4 Å². The van der Waals surface area contributed by atoms with Gasteiger partial charge in [-0.1, -0.05) is 12.1 Å². The number of carbonyl (C=O) groups is 1. The molecular formula is C18H19NO5. The third kappa shape index (κ3) is 2.60. The van der Waals surface area contributed by atoms with Gasteiger partial charge in [0.05, 0.1) is 19.8 Å². The maximum atomic E-state index is 12.3. The monoisotopic (exact) mass is 329 g/mol. The highest BCUT2D eigenvalue weighted by molar-refractivity contribution is 6.01. The fraction of sp³-hybridized carbons (Fsp3) is 0.278. The number of hydrogen-bond acceptors (Lipinski definition) is 6. The van der Waals surface area contributed by atoms with Crippen LogP contribution in [0.4, 0.5) is 5.69 Å². The van der Waals surface area contributed by atoms with Crippen molar-refractivity contribution >= 4 is 11.7 Å². The average Bonchev–Trinajstić information content (AvgIpc) is 3.07. The van der Waals surface area contributed by atoms with Gasteiger partial charge in [-0.05, 0) is 23.8 Å². The first kappa shape index (κ1) is 16.0. The van der Waals surface area contributed by atoms with Crippen LogP contribution in [0.5, 0.6) is 17.2 Å². The van der Waals surface area contributed by atoms with Crippen molar-refractivity contribution in [3.05, 3.63) is 35.9 Å². The Kier molecular flexibility index (Phi) is 4.20. The van der Waals surface area contributed by atoms with Crippen molar-refractivity contribution < 1.29 is 23.7 Å². The van der Waals surface area contributed by atoms with E-state index < -0.39 is 5.97 Å². The third-order valence-corrected chi connectivity index (χ3v) is 3.90. The van der Waals surface area contributed by atoms with Crippen molar-refractivity contribution in [3.8, 4) is 28.4 Å². The molecule has 0 atom stereocenters. The molecule has 1 aliphatic heterocycles. The van der Waals surface area contributed by atoms with Gasteiger partial charge in [-0.2, -0.15) is 0 Å². The molecule has 6 heteroatoms. The Morgan fingerprint density at radius 2 is 1.83 bits per heavy atom. The highest BCUT2D eigenvalue weighted by Crippen LogP contribution is 2.49. The van der Waals surface area contributed by atoms with Gasteiger partial charge in [0, 0.05) is 25.3 Å². The van der Waals surface area contributed by atoms with Gasteiger partial charge in [0.25, 0.3) is 0 Å². The van der Waals surface area contributed by atoms with Gasteiger partial charge < -0.3 is 23.8 Å². The van der Waals surface area contributed by atoms with Crippen LogP contribution in [0.1, 0.15) is 10.4 Å². The normalized spacial score (nSPS) is 12.0. The molecule has 2 aromatic rings. The molecule has 1 aliphatic rings. The van der Waals surface area contributed by atoms with E-state index in [0.717, 1.165) is 11.3 Å². The second-order valence-electron chi connectivity index (χ2n) is 5.50. The van der Waals surface area contributed by atoms with Crippen LogP contribution in [0, 0.1) is 0 Å². The molecule has 0 amide bonds. The Hall–Kier alpha value is -2.89. The average molecular weight is 329 g/mol. The predicted molar refractivity (Wildman–Crippen MR) is 90.2 cm³/mol. The number of nitrogens with zero attached hydrogens (tertiary/aromatic N) is 1. The zero-order chi connectivity index (χ0) is 17.3. The fourth-order valence-corrected chi connectivity index (χ4v) is 2.69. The summed E-state index contributed by atoms with van der Waals surface area (Å²) >= 11 is 0. The maximum Gasteiger partial charge on any atom is 0.338 e. The molecule has 0 saturated carbocycles. The molecule has 0 radical (unpaired) electrons. The summed E-state index contributed by atoms with van der Waals surface area (Å²) in [5.74, 6) is 0.971. The molecule has 0 saturated heterocycles. The van der Waals surface area contributed by atoms with Gasteiger partial charge >= 0.3 is 5.97 Å². The molecular weight excluding hydrogens is 310 g/mol. The first-order valence-corrected chi connectivity index (χ1v) is 7.43. The van der Waals surface area contributed by atoms with Gasteiger partial charge in [0.2, 0.25) is 12.5 Å². The lowest BCUT2D eigenvalue weighted by atomic mass is 9.97. The highest BCUT2D eigenvalue weighted by Gasteiger charge is 2.29. The molecule has 0 aliphatic carbocycles. The minimum Gasteiger partial charge on any atom is -0.492 e. The Morgan fingerprint density at radius 3 is 2.42 bits per heavy atom. The van der Waals surface area contributed by atoms with Crippen molar-refractivity contribution in [1.29, 1.82) is 0 Å². The molecule has 2 aromatic carbocycles. The number of fused-ring (bicyclic) bond motifs is 1. The summed E-state index contributed by atoms with van der Waals surface area (Å²) in [6.45, 7) is 0.0926. The number of esters is 1. The molecule has 0 fully saturated rings. The summed E-state index contributed by atoms with van der Waals surface area (Å²) in [6.07, 6.45) is 0. The van der Waals surface area contributed by atoms with Crippen molar-refractivity contribution in [2.24, 2.45) is 0 Å². The summed E-state index contributed by atoms with van der Waals surface area (Å²) in [4.78, 5) is 14.3. The summed E-state index contributed by atoms with van der Waals surface area (Å²) < 4.78 is 21.4. The topological polar surface area (TPSA) is 57.2 Å². The summed E-state index contributed by atoms with van der Waals surface area (Å²) in [5, 5.41) is 0. The Bertz CT molecular complexity index is 768. The van der Waals surface area contributed by atoms with E-state index in [9.17, 15) is 4.79 Å². The number of carbonyl (C=O) groups excluding carboxylic acids is 1. The molecule has 0 bridgehead atoms. The second kappa shape index (κ2) is 6.31. The van der Waals surface area contributed by atoms with E-state index in [1.54, 1.807) is 6.07 Å². The lowest BCUT2D eigenvalue weighted by Gasteiger charge is -2.17. The van der Waals surface area contributed by atoms with E-state index in [-0.39, 0.29) is 6.79 Å². The summed E-state index contributed by atoms with van der Waals surface area (Å²) in [5.41, 5.74) is 2.88. The number of ether oxygens (including phenoxy) is 4. The molecule has 24 heavy (non-hydrogen) atoms. The largest absolute Gasteiger partial charge is 0.492 e. The number of benzene rings is 2. The van der Waals surface area contributed by atoms with E-state index in [2.05, 4.69) is 0 Å². The molecule has 0 unspecified atom stereocenters. The summed E-state index contributed by atoms with van der Waals surface area (Å²) in [6, 6.07) is 9.44. The van der Waals surface area contributed by atoms with E-state index in [1.807, 2.05) is 43.3 Å². The number of anilines is 1. The van der Waals surface area contributed by atoms with E-state index in [4.69, 9.17) is 18.9 Å². The number of methoxy groups -OCH3 is 2. The predicted octanol–water partition coefficient (Wildman–Crippen LogP) is 2.94. The Balaban J connectivity index is 2.22. The van der Waals surface area contributed by atoms with Gasteiger partial charge in [0.1, 0.15) is 0 Å². The molecule has 1 heterocycles. The fourth-order valence-electron chi connectivity index (χ4n) is 2.69. The Labute approximate surface area is 140 Å². The minimum absolute atomic E-state index is 0.0926. The number of rotatable bonds is 4. The van der Waals surface area contributed by atoms with Crippen molar-refractivity contribution in [2.45, 2.75) is 0 Å². The van der Waals surface area contributed by atoms with Crippen LogP contribution in [0.2, 0.25) is 0 Å². The molecule has 0 spiro atoms. The van der Waals surface area contributed by atoms with Gasteiger partial charge in [-0.3, -0.25) is 0 Å². The molecule has 0 aromatic heterocycles. The third-order valence-electron chi connectivity index (χ3n) is 3.90. The maximum absolute atomic E-state index is 12.3. The van der Waals surface area contributed by atoms with Gasteiger partial charge in [0.15, 0.2) is 11.5 Å². The van der Waals surface area contributed by atoms with Crippen LogP contribution < -0.4 is 19.1 Å². The van der Waals surface area contributed by atoms with Crippen LogP contribution >= 0.6 is 0 Å². The Morgan fingerprint density at radius 1 is 1.12 bits per heavy atom. The number of hydrogen-bond donors (Lipinski definition) is 0. The first-order chi connectivity index (χ1) is 11.6. The highest BCUT2D eigenvalue weighted by atomic mass is 16.7. The lowest BCUT2D eigenvalue weighted by molar-refractivity contribution is 0.0601. The van der Waals surface area contributed by atoms with Crippen LogP contribution in [-0.2, 0) is 4.74 Å². The van der Waals surface area contributed by atoms with Crippen LogP contribution in [0.15, 0.2) is 30.3 Å². The molecule has 3 rings (SSSR count). The lowest BCUT2D eigenvalue weighted by Crippen LogP contribution is -2.08. The second-order valence-corrected chi connectivity index (χ2v) is 5.50. The summed E-state index contributed by atoms with van der Waals surface area (Å²) in [7, 11) is 6.82. The smallest absolute Gasteiger partial charge is 0.338 e. The zero-order valence-electron chi connectivity index (χ0n) is 14.1. The minimum atomic E-state index is -0.460. The quantitative estimate of drug-likeness (QED) is 0.804. The van der Waals surface area contributed by atoms with Crippen LogP contribution in [0.25, 0.3) is 11.1 Å². The molecule has 6 nitrogen and oxygen atoms in total. The molecule has 126 valence electrons. The van der Waals surface area contributed by atoms with Crippen molar-refractivity contribution in [3.63, 3.8) is 0 Å². The molecule has 0 N–H and O–H groups in total. The SMILES string of the molecule is COC(=O)c1cc2c(c(OC)c1-c1ccc(N(C)C)cc1)OCO2. The van der Waals surface area contributed by atoms with Gasteiger partial charge in [-0.15, -0.1) is 0 Å². The standard InChI is InChI=1S/C18H19NO5/c1-19(2)12-7-5-11(6-8-12)15-13(18(20)22-4)9-14-16(17(15)21-3)24-10-23-14/h5-9H,10H2,1-4H3. The van der Waals surface area contributed by atoms with Crippen molar-refractivity contribution in [1.82, 2.24) is 0 Å². The first-order valence-electron chi connectivity index (χ1n) is 7.43. The van der Waals surface area contributed by atoms with Crippen LogP contribution in [0.3, 0.4) is 0 Å². The zero-order valence-corrected chi connectivity index (χ0v) is 14.1.